The molecule has 4 nitrogen and oxygen atoms in total. The number of fused-ring (bicyclic) bond motifs is 1. The molecule has 2 aromatic rings. The SMILES string of the molecule is CCN(/C=N\c1ccc2cn[nH]c2c1)CC. The van der Waals surface area contributed by atoms with Gasteiger partial charge in [-0.3, -0.25) is 5.10 Å². The van der Waals surface area contributed by atoms with Crippen molar-refractivity contribution in [1.82, 2.24) is 15.1 Å². The molecule has 2 rings (SSSR count). The lowest BCUT2D eigenvalue weighted by atomic mass is 10.2. The average Bonchev–Trinajstić information content (AvgIpc) is 2.77. The smallest absolute Gasteiger partial charge is 0.0912 e. The van der Waals surface area contributed by atoms with Gasteiger partial charge >= 0.3 is 0 Å². The second-order valence-corrected chi connectivity index (χ2v) is 3.61. The van der Waals surface area contributed by atoms with Gasteiger partial charge in [0, 0.05) is 18.5 Å². The highest BCUT2D eigenvalue weighted by molar-refractivity contribution is 5.81. The first-order chi connectivity index (χ1) is 7.83. The van der Waals surface area contributed by atoms with Gasteiger partial charge in [-0.25, -0.2) is 4.99 Å². The van der Waals surface area contributed by atoms with Crippen LogP contribution >= 0.6 is 0 Å². The highest BCUT2D eigenvalue weighted by Crippen LogP contribution is 2.18. The van der Waals surface area contributed by atoms with E-state index < -0.39 is 0 Å². The first-order valence-corrected chi connectivity index (χ1v) is 5.55. The van der Waals surface area contributed by atoms with E-state index in [0.717, 1.165) is 29.7 Å². The zero-order valence-electron chi connectivity index (χ0n) is 9.64. The van der Waals surface area contributed by atoms with Crippen LogP contribution in [0.5, 0.6) is 0 Å². The van der Waals surface area contributed by atoms with Crippen molar-refractivity contribution < 1.29 is 0 Å². The van der Waals surface area contributed by atoms with Gasteiger partial charge in [-0.15, -0.1) is 0 Å². The van der Waals surface area contributed by atoms with Crippen LogP contribution in [0.1, 0.15) is 13.8 Å². The Hall–Kier alpha value is -1.84. The van der Waals surface area contributed by atoms with Crippen LogP contribution in [-0.2, 0) is 0 Å². The number of nitrogens with zero attached hydrogens (tertiary/aromatic N) is 3. The van der Waals surface area contributed by atoms with Gasteiger partial charge in [0.2, 0.25) is 0 Å². The molecule has 0 aliphatic heterocycles. The standard InChI is InChI=1S/C12H16N4/c1-3-16(4-2)9-13-11-6-5-10-8-14-15-12(10)7-11/h5-9H,3-4H2,1-2H3,(H,14,15)/b13-9-. The summed E-state index contributed by atoms with van der Waals surface area (Å²) in [5.41, 5.74) is 1.97. The second kappa shape index (κ2) is 4.79. The monoisotopic (exact) mass is 216 g/mol. The molecule has 0 atom stereocenters. The lowest BCUT2D eigenvalue weighted by Crippen LogP contribution is -2.20. The fourth-order valence-electron chi connectivity index (χ4n) is 1.54. The Labute approximate surface area is 95.0 Å². The Morgan fingerprint density at radius 3 is 2.94 bits per heavy atom. The van der Waals surface area contributed by atoms with Crippen LogP contribution < -0.4 is 0 Å². The summed E-state index contributed by atoms with van der Waals surface area (Å²) in [5, 5.41) is 8.03. The molecule has 0 saturated heterocycles. The van der Waals surface area contributed by atoms with Gasteiger partial charge in [-0.1, -0.05) is 0 Å². The Morgan fingerprint density at radius 2 is 2.19 bits per heavy atom. The molecule has 84 valence electrons. The molecule has 0 bridgehead atoms. The number of aromatic amines is 1. The molecule has 0 amide bonds. The van der Waals surface area contributed by atoms with Crippen LogP contribution in [0.15, 0.2) is 29.4 Å². The van der Waals surface area contributed by atoms with Crippen molar-refractivity contribution >= 4 is 22.9 Å². The fraction of sp³-hybridized carbons (Fsp3) is 0.333. The molecule has 1 aromatic heterocycles. The summed E-state index contributed by atoms with van der Waals surface area (Å²) in [6, 6.07) is 6.02. The van der Waals surface area contributed by atoms with Gasteiger partial charge in [-0.05, 0) is 32.0 Å². The number of hydrogen-bond acceptors (Lipinski definition) is 2. The summed E-state index contributed by atoms with van der Waals surface area (Å²) in [6.45, 7) is 6.19. The van der Waals surface area contributed by atoms with E-state index in [1.807, 2.05) is 30.7 Å². The zero-order valence-corrected chi connectivity index (χ0v) is 9.64. The third-order valence-electron chi connectivity index (χ3n) is 2.61. The maximum atomic E-state index is 4.43. The van der Waals surface area contributed by atoms with E-state index in [1.54, 1.807) is 0 Å². The number of hydrogen-bond donors (Lipinski definition) is 1. The first-order valence-electron chi connectivity index (χ1n) is 5.55. The van der Waals surface area contributed by atoms with E-state index in [2.05, 4.69) is 33.9 Å². The van der Waals surface area contributed by atoms with Crippen molar-refractivity contribution in [3.63, 3.8) is 0 Å². The number of aliphatic imine (C=N–C) groups is 1. The molecule has 0 aliphatic rings. The van der Waals surface area contributed by atoms with Gasteiger partial charge in [0.25, 0.3) is 0 Å². The van der Waals surface area contributed by atoms with Crippen LogP contribution in [0.25, 0.3) is 10.9 Å². The number of benzene rings is 1. The van der Waals surface area contributed by atoms with Gasteiger partial charge in [0.15, 0.2) is 0 Å². The second-order valence-electron chi connectivity index (χ2n) is 3.61. The normalized spacial score (nSPS) is 11.4. The van der Waals surface area contributed by atoms with Crippen molar-refractivity contribution in [3.05, 3.63) is 24.4 Å². The van der Waals surface area contributed by atoms with E-state index in [9.17, 15) is 0 Å². The molecule has 1 N–H and O–H groups in total. The minimum atomic E-state index is 0.948. The minimum Gasteiger partial charge on any atom is -0.363 e. The summed E-state index contributed by atoms with van der Waals surface area (Å²) >= 11 is 0. The number of aromatic nitrogens is 2. The highest BCUT2D eigenvalue weighted by atomic mass is 15.1. The molecule has 4 heteroatoms. The van der Waals surface area contributed by atoms with Gasteiger partial charge in [0.1, 0.15) is 0 Å². The van der Waals surface area contributed by atoms with Crippen LogP contribution in [-0.4, -0.2) is 34.5 Å². The summed E-state index contributed by atoms with van der Waals surface area (Å²) in [6.07, 6.45) is 3.70. The largest absolute Gasteiger partial charge is 0.363 e. The average molecular weight is 216 g/mol. The molecule has 16 heavy (non-hydrogen) atoms. The molecule has 0 aliphatic carbocycles. The van der Waals surface area contributed by atoms with Crippen LogP contribution in [0.4, 0.5) is 5.69 Å². The number of rotatable bonds is 4. The van der Waals surface area contributed by atoms with E-state index in [1.165, 1.54) is 0 Å². The van der Waals surface area contributed by atoms with Gasteiger partial charge in [0.05, 0.1) is 23.7 Å². The molecular weight excluding hydrogens is 200 g/mol. The lowest BCUT2D eigenvalue weighted by molar-refractivity contribution is 0.480. The first kappa shape index (κ1) is 10.7. The highest BCUT2D eigenvalue weighted by Gasteiger charge is 1.96. The third kappa shape index (κ3) is 2.21. The van der Waals surface area contributed by atoms with Crippen molar-refractivity contribution in [1.29, 1.82) is 0 Å². The van der Waals surface area contributed by atoms with Crippen LogP contribution in [0.2, 0.25) is 0 Å². The summed E-state index contributed by atoms with van der Waals surface area (Å²) in [7, 11) is 0. The quantitative estimate of drug-likeness (QED) is 0.630. The maximum absolute atomic E-state index is 4.43. The maximum Gasteiger partial charge on any atom is 0.0912 e. The fourth-order valence-corrected chi connectivity index (χ4v) is 1.54. The molecule has 0 spiro atoms. The molecule has 0 unspecified atom stereocenters. The van der Waals surface area contributed by atoms with E-state index in [0.29, 0.717) is 0 Å². The zero-order chi connectivity index (χ0) is 11.4. The van der Waals surface area contributed by atoms with Crippen LogP contribution in [0, 0.1) is 0 Å². The van der Waals surface area contributed by atoms with Crippen molar-refractivity contribution in [2.75, 3.05) is 13.1 Å². The van der Waals surface area contributed by atoms with Crippen LogP contribution in [0.3, 0.4) is 0 Å². The summed E-state index contributed by atoms with van der Waals surface area (Å²) in [5.74, 6) is 0. The predicted octanol–water partition coefficient (Wildman–Crippen LogP) is 2.56. The van der Waals surface area contributed by atoms with E-state index in [-0.39, 0.29) is 0 Å². The Morgan fingerprint density at radius 1 is 1.38 bits per heavy atom. The van der Waals surface area contributed by atoms with Crippen molar-refractivity contribution in [3.8, 4) is 0 Å². The molecule has 0 saturated carbocycles. The molecule has 0 radical (unpaired) electrons. The minimum absolute atomic E-state index is 0.948. The Bertz CT molecular complexity index is 482. The molecule has 1 aromatic carbocycles. The van der Waals surface area contributed by atoms with E-state index in [4.69, 9.17) is 0 Å². The summed E-state index contributed by atoms with van der Waals surface area (Å²) in [4.78, 5) is 6.58. The molecular formula is C12H16N4. The summed E-state index contributed by atoms with van der Waals surface area (Å²) < 4.78 is 0. The third-order valence-corrected chi connectivity index (χ3v) is 2.61. The Balaban J connectivity index is 2.20. The lowest BCUT2D eigenvalue weighted by Gasteiger charge is -2.13. The van der Waals surface area contributed by atoms with Gasteiger partial charge < -0.3 is 4.90 Å². The number of H-pyrrole nitrogens is 1. The van der Waals surface area contributed by atoms with Crippen molar-refractivity contribution in [2.45, 2.75) is 13.8 Å². The van der Waals surface area contributed by atoms with Gasteiger partial charge in [-0.2, -0.15) is 5.10 Å². The molecule has 0 fully saturated rings. The van der Waals surface area contributed by atoms with Crippen molar-refractivity contribution in [2.24, 2.45) is 4.99 Å². The topological polar surface area (TPSA) is 44.3 Å². The number of nitrogens with one attached hydrogen (secondary N) is 1. The molecule has 1 heterocycles. The predicted molar refractivity (Wildman–Crippen MR) is 67.2 cm³/mol. The van der Waals surface area contributed by atoms with E-state index >= 15 is 0 Å². The Kier molecular flexibility index (Phi) is 3.19.